The van der Waals surface area contributed by atoms with Crippen molar-refractivity contribution >= 4 is 5.91 Å². The van der Waals surface area contributed by atoms with Crippen LogP contribution >= 0.6 is 0 Å². The van der Waals surface area contributed by atoms with Crippen LogP contribution in [0.2, 0.25) is 0 Å². The molecule has 0 aliphatic rings. The Hall–Kier alpha value is -1.81. The van der Waals surface area contributed by atoms with E-state index < -0.39 is 0 Å². The van der Waals surface area contributed by atoms with Crippen LogP contribution < -0.4 is 15.4 Å². The van der Waals surface area contributed by atoms with Gasteiger partial charge in [-0.05, 0) is 30.2 Å². The van der Waals surface area contributed by atoms with E-state index in [1.54, 1.807) is 0 Å². The van der Waals surface area contributed by atoms with Crippen LogP contribution in [0.15, 0.2) is 36.4 Å². The number of hydrogen-bond acceptors (Lipinski definition) is 3. The zero-order valence-corrected chi connectivity index (χ0v) is 11.7. The van der Waals surface area contributed by atoms with Crippen molar-refractivity contribution in [3.8, 4) is 5.75 Å². The second-order valence-electron chi connectivity index (χ2n) is 4.55. The van der Waals surface area contributed by atoms with Gasteiger partial charge in [-0.1, -0.05) is 18.7 Å². The van der Waals surface area contributed by atoms with E-state index in [2.05, 4.69) is 17.2 Å². The topological polar surface area (TPSA) is 50.4 Å². The lowest BCUT2D eigenvalue weighted by molar-refractivity contribution is -0.118. The average Bonchev–Trinajstić information content (AvgIpc) is 2.36. The fourth-order valence-corrected chi connectivity index (χ4v) is 1.51. The van der Waals surface area contributed by atoms with Crippen molar-refractivity contribution in [1.29, 1.82) is 0 Å². The van der Waals surface area contributed by atoms with Gasteiger partial charge in [-0.3, -0.25) is 4.79 Å². The molecule has 4 heteroatoms. The predicted molar refractivity (Wildman–Crippen MR) is 77.1 cm³/mol. The number of benzene rings is 1. The molecule has 1 aromatic rings. The monoisotopic (exact) mass is 262 g/mol. The molecule has 0 spiro atoms. The van der Waals surface area contributed by atoms with Crippen LogP contribution in [-0.4, -0.2) is 25.6 Å². The summed E-state index contributed by atoms with van der Waals surface area (Å²) in [5.41, 5.74) is 2.15. The summed E-state index contributed by atoms with van der Waals surface area (Å²) in [4.78, 5) is 10.7. The Morgan fingerprint density at radius 2 is 2.11 bits per heavy atom. The SMILES string of the molecule is C=C(C)COc1cccc(CNCCNC(C)=O)c1. The maximum Gasteiger partial charge on any atom is 0.216 e. The minimum atomic E-state index is -0.00278. The summed E-state index contributed by atoms with van der Waals surface area (Å²) >= 11 is 0. The summed E-state index contributed by atoms with van der Waals surface area (Å²) in [7, 11) is 0. The molecule has 0 saturated carbocycles. The molecule has 4 nitrogen and oxygen atoms in total. The fraction of sp³-hybridized carbons (Fsp3) is 0.400. The number of amides is 1. The molecular formula is C15H22N2O2. The third-order valence-corrected chi connectivity index (χ3v) is 2.39. The van der Waals surface area contributed by atoms with Crippen LogP contribution in [0, 0.1) is 0 Å². The number of rotatable bonds is 8. The third-order valence-electron chi connectivity index (χ3n) is 2.39. The van der Waals surface area contributed by atoms with Crippen molar-refractivity contribution in [2.24, 2.45) is 0 Å². The molecule has 0 fully saturated rings. The highest BCUT2D eigenvalue weighted by molar-refractivity contribution is 5.72. The van der Waals surface area contributed by atoms with Crippen LogP contribution in [0.25, 0.3) is 0 Å². The van der Waals surface area contributed by atoms with Gasteiger partial charge >= 0.3 is 0 Å². The number of ether oxygens (including phenoxy) is 1. The van der Waals surface area contributed by atoms with Gasteiger partial charge in [0.2, 0.25) is 5.91 Å². The van der Waals surface area contributed by atoms with Crippen molar-refractivity contribution in [2.75, 3.05) is 19.7 Å². The molecule has 0 heterocycles. The van der Waals surface area contributed by atoms with Crippen molar-refractivity contribution in [3.05, 3.63) is 42.0 Å². The van der Waals surface area contributed by atoms with Gasteiger partial charge < -0.3 is 15.4 Å². The van der Waals surface area contributed by atoms with Crippen LogP contribution in [0.4, 0.5) is 0 Å². The highest BCUT2D eigenvalue weighted by Gasteiger charge is 1.97. The van der Waals surface area contributed by atoms with E-state index in [9.17, 15) is 4.79 Å². The van der Waals surface area contributed by atoms with Crippen molar-refractivity contribution < 1.29 is 9.53 Å². The second-order valence-corrected chi connectivity index (χ2v) is 4.55. The standard InChI is InChI=1S/C15H22N2O2/c1-12(2)11-19-15-6-4-5-14(9-15)10-16-7-8-17-13(3)18/h4-6,9,16H,1,7-8,10-11H2,2-3H3,(H,17,18). The third kappa shape index (κ3) is 7.26. The number of hydrogen-bond donors (Lipinski definition) is 2. The Morgan fingerprint density at radius 3 is 2.79 bits per heavy atom. The van der Waals surface area contributed by atoms with Gasteiger partial charge in [0.25, 0.3) is 0 Å². The molecule has 1 aromatic carbocycles. The first-order valence-electron chi connectivity index (χ1n) is 6.39. The summed E-state index contributed by atoms with van der Waals surface area (Å²) in [6.07, 6.45) is 0. The lowest BCUT2D eigenvalue weighted by atomic mass is 10.2. The van der Waals surface area contributed by atoms with E-state index in [0.29, 0.717) is 13.2 Å². The van der Waals surface area contributed by atoms with Gasteiger partial charge in [-0.25, -0.2) is 0 Å². The maximum atomic E-state index is 10.7. The minimum absolute atomic E-state index is 0.00278. The predicted octanol–water partition coefficient (Wildman–Crippen LogP) is 1.87. The molecule has 2 N–H and O–H groups in total. The summed E-state index contributed by atoms with van der Waals surface area (Å²) in [6.45, 7) is 9.94. The molecule has 0 aliphatic carbocycles. The number of carbonyl (C=O) groups is 1. The van der Waals surface area contributed by atoms with E-state index in [1.165, 1.54) is 6.92 Å². The first-order chi connectivity index (χ1) is 9.08. The van der Waals surface area contributed by atoms with E-state index in [4.69, 9.17) is 4.74 Å². The van der Waals surface area contributed by atoms with Gasteiger partial charge in [-0.2, -0.15) is 0 Å². The molecule has 0 aliphatic heterocycles. The quantitative estimate of drug-likeness (QED) is 0.555. The molecule has 19 heavy (non-hydrogen) atoms. The van der Waals surface area contributed by atoms with Crippen LogP contribution in [0.1, 0.15) is 19.4 Å². The summed E-state index contributed by atoms with van der Waals surface area (Å²) < 4.78 is 5.58. The summed E-state index contributed by atoms with van der Waals surface area (Å²) in [6, 6.07) is 7.95. The van der Waals surface area contributed by atoms with Gasteiger partial charge in [0.1, 0.15) is 12.4 Å². The van der Waals surface area contributed by atoms with Crippen LogP contribution in [0.5, 0.6) is 5.75 Å². The lowest BCUT2D eigenvalue weighted by Crippen LogP contribution is -2.29. The molecule has 0 aromatic heterocycles. The summed E-state index contributed by atoms with van der Waals surface area (Å²) in [5.74, 6) is 0.848. The van der Waals surface area contributed by atoms with Gasteiger partial charge in [-0.15, -0.1) is 0 Å². The fourth-order valence-electron chi connectivity index (χ4n) is 1.51. The Kier molecular flexibility index (Phi) is 6.68. The first kappa shape index (κ1) is 15.2. The molecule has 1 amide bonds. The number of nitrogens with one attached hydrogen (secondary N) is 2. The van der Waals surface area contributed by atoms with Crippen LogP contribution in [0.3, 0.4) is 0 Å². The molecule has 0 radical (unpaired) electrons. The van der Waals surface area contributed by atoms with Gasteiger partial charge in [0.05, 0.1) is 0 Å². The highest BCUT2D eigenvalue weighted by Crippen LogP contribution is 2.13. The maximum absolute atomic E-state index is 10.7. The molecule has 0 unspecified atom stereocenters. The Morgan fingerprint density at radius 1 is 1.32 bits per heavy atom. The van der Waals surface area contributed by atoms with Crippen LogP contribution in [-0.2, 0) is 11.3 Å². The number of carbonyl (C=O) groups excluding carboxylic acids is 1. The van der Waals surface area contributed by atoms with Gasteiger partial charge in [0, 0.05) is 26.6 Å². The Balaban J connectivity index is 2.31. The van der Waals surface area contributed by atoms with Crippen molar-refractivity contribution in [1.82, 2.24) is 10.6 Å². The zero-order chi connectivity index (χ0) is 14.1. The molecule has 104 valence electrons. The Labute approximate surface area is 114 Å². The molecule has 1 rings (SSSR count). The molecule has 0 atom stereocenters. The second kappa shape index (κ2) is 8.32. The van der Waals surface area contributed by atoms with E-state index in [0.717, 1.165) is 30.0 Å². The lowest BCUT2D eigenvalue weighted by Gasteiger charge is -2.09. The van der Waals surface area contributed by atoms with E-state index in [-0.39, 0.29) is 5.91 Å². The van der Waals surface area contributed by atoms with Crippen molar-refractivity contribution in [3.63, 3.8) is 0 Å². The van der Waals surface area contributed by atoms with Crippen molar-refractivity contribution in [2.45, 2.75) is 20.4 Å². The summed E-state index contributed by atoms with van der Waals surface area (Å²) in [5, 5.41) is 6.00. The average molecular weight is 262 g/mol. The van der Waals surface area contributed by atoms with Gasteiger partial charge in [0.15, 0.2) is 0 Å². The highest BCUT2D eigenvalue weighted by atomic mass is 16.5. The molecule has 0 saturated heterocycles. The first-order valence-corrected chi connectivity index (χ1v) is 6.39. The molecular weight excluding hydrogens is 240 g/mol. The molecule has 0 bridgehead atoms. The smallest absolute Gasteiger partial charge is 0.216 e. The zero-order valence-electron chi connectivity index (χ0n) is 11.7. The van der Waals surface area contributed by atoms with E-state index >= 15 is 0 Å². The largest absolute Gasteiger partial charge is 0.489 e. The van der Waals surface area contributed by atoms with E-state index in [1.807, 2.05) is 31.2 Å². The Bertz CT molecular complexity index is 430. The minimum Gasteiger partial charge on any atom is -0.489 e. The normalized spacial score (nSPS) is 10.0.